The van der Waals surface area contributed by atoms with Gasteiger partial charge in [-0.3, -0.25) is 4.79 Å². The number of carboxylic acids is 1. The van der Waals surface area contributed by atoms with Crippen molar-refractivity contribution in [1.29, 1.82) is 0 Å². The monoisotopic (exact) mass is 354 g/mol. The number of halogens is 1. The summed E-state index contributed by atoms with van der Waals surface area (Å²) < 4.78 is 27.0. The van der Waals surface area contributed by atoms with E-state index in [1.54, 1.807) is 35.3 Å². The SMILES string of the molecule is O=C(O)[C@@H]1CC[C@H](S(=O)(=O)c2ccc(-n3cccn3)cc2Cl)C1. The molecule has 6 nitrogen and oxygen atoms in total. The van der Waals surface area contributed by atoms with Gasteiger partial charge in [0.25, 0.3) is 0 Å². The molecule has 1 N–H and O–H groups in total. The highest BCUT2D eigenvalue weighted by Gasteiger charge is 2.39. The summed E-state index contributed by atoms with van der Waals surface area (Å²) in [6.45, 7) is 0. The molecule has 1 aliphatic rings. The van der Waals surface area contributed by atoms with E-state index < -0.39 is 27.0 Å². The molecular formula is C15H15ClN2O4S. The second-order valence-electron chi connectivity index (χ2n) is 5.58. The number of aliphatic carboxylic acids is 1. The number of carbonyl (C=O) groups is 1. The highest BCUT2D eigenvalue weighted by molar-refractivity contribution is 7.92. The first-order valence-corrected chi connectivity index (χ1v) is 9.08. The summed E-state index contributed by atoms with van der Waals surface area (Å²) in [5, 5.41) is 12.5. The summed E-state index contributed by atoms with van der Waals surface area (Å²) in [6.07, 6.45) is 4.20. The molecule has 23 heavy (non-hydrogen) atoms. The normalized spacial score (nSPS) is 21.4. The van der Waals surface area contributed by atoms with Crippen molar-refractivity contribution in [3.05, 3.63) is 41.7 Å². The highest BCUT2D eigenvalue weighted by Crippen LogP contribution is 2.36. The van der Waals surface area contributed by atoms with Gasteiger partial charge in [-0.25, -0.2) is 13.1 Å². The van der Waals surface area contributed by atoms with E-state index >= 15 is 0 Å². The first-order valence-electron chi connectivity index (χ1n) is 7.16. The molecule has 0 radical (unpaired) electrons. The fourth-order valence-corrected chi connectivity index (χ4v) is 5.29. The van der Waals surface area contributed by atoms with Crippen molar-refractivity contribution in [2.24, 2.45) is 5.92 Å². The van der Waals surface area contributed by atoms with Gasteiger partial charge in [0, 0.05) is 12.4 Å². The van der Waals surface area contributed by atoms with Gasteiger partial charge in [-0.05, 0) is 43.5 Å². The maximum Gasteiger partial charge on any atom is 0.306 e. The number of benzene rings is 1. The molecule has 1 aliphatic carbocycles. The Hall–Kier alpha value is -1.86. The van der Waals surface area contributed by atoms with E-state index in [-0.39, 0.29) is 16.3 Å². The standard InChI is InChI=1S/C15H15ClN2O4S/c16-13-9-11(18-7-1-6-17-18)3-5-14(13)23(21,22)12-4-2-10(8-12)15(19)20/h1,3,5-7,9-10,12H,2,4,8H2,(H,19,20)/t10-,12+/m1/s1. The smallest absolute Gasteiger partial charge is 0.306 e. The van der Waals surface area contributed by atoms with E-state index in [9.17, 15) is 13.2 Å². The summed E-state index contributed by atoms with van der Waals surface area (Å²) >= 11 is 6.17. The zero-order valence-corrected chi connectivity index (χ0v) is 13.7. The Morgan fingerprint density at radius 2 is 2.13 bits per heavy atom. The molecule has 0 unspecified atom stereocenters. The number of carboxylic acid groups (broad SMARTS) is 1. The summed E-state index contributed by atoms with van der Waals surface area (Å²) in [7, 11) is -3.65. The minimum absolute atomic E-state index is 0.0473. The van der Waals surface area contributed by atoms with Crippen LogP contribution in [0.4, 0.5) is 0 Å². The van der Waals surface area contributed by atoms with Gasteiger partial charge in [-0.15, -0.1) is 0 Å². The summed E-state index contributed by atoms with van der Waals surface area (Å²) in [5.74, 6) is -1.54. The van der Waals surface area contributed by atoms with Crippen LogP contribution in [-0.2, 0) is 14.6 Å². The van der Waals surface area contributed by atoms with E-state index in [1.807, 2.05) is 0 Å². The predicted octanol–water partition coefficient (Wildman–Crippen LogP) is 2.55. The lowest BCUT2D eigenvalue weighted by Crippen LogP contribution is -2.20. The molecule has 2 aromatic rings. The van der Waals surface area contributed by atoms with Gasteiger partial charge >= 0.3 is 5.97 Å². The van der Waals surface area contributed by atoms with E-state index in [1.165, 1.54) is 6.07 Å². The fourth-order valence-electron chi connectivity index (χ4n) is 2.91. The van der Waals surface area contributed by atoms with Crippen molar-refractivity contribution in [1.82, 2.24) is 9.78 Å². The van der Waals surface area contributed by atoms with Gasteiger partial charge in [-0.2, -0.15) is 5.10 Å². The molecule has 1 saturated carbocycles. The molecular weight excluding hydrogens is 340 g/mol. The number of sulfone groups is 1. The van der Waals surface area contributed by atoms with Crippen LogP contribution in [-0.4, -0.2) is 34.5 Å². The van der Waals surface area contributed by atoms with Crippen molar-refractivity contribution in [3.8, 4) is 5.69 Å². The second kappa shape index (κ2) is 5.98. The van der Waals surface area contributed by atoms with Crippen LogP contribution in [0.5, 0.6) is 0 Å². The molecule has 8 heteroatoms. The molecule has 1 fully saturated rings. The Kier molecular flexibility index (Phi) is 4.16. The van der Waals surface area contributed by atoms with Gasteiger partial charge in [0.05, 0.1) is 26.8 Å². The van der Waals surface area contributed by atoms with Crippen molar-refractivity contribution < 1.29 is 18.3 Å². The van der Waals surface area contributed by atoms with E-state index in [2.05, 4.69) is 5.10 Å². The van der Waals surface area contributed by atoms with Crippen molar-refractivity contribution in [2.75, 3.05) is 0 Å². The van der Waals surface area contributed by atoms with Crippen LogP contribution in [0.3, 0.4) is 0 Å². The van der Waals surface area contributed by atoms with Gasteiger partial charge in [0.2, 0.25) is 0 Å². The first-order chi connectivity index (χ1) is 10.9. The average Bonchev–Trinajstić information content (AvgIpc) is 3.18. The Labute approximate surface area is 138 Å². The average molecular weight is 355 g/mol. The van der Waals surface area contributed by atoms with Gasteiger partial charge in [-0.1, -0.05) is 11.6 Å². The Morgan fingerprint density at radius 3 is 2.70 bits per heavy atom. The lowest BCUT2D eigenvalue weighted by Gasteiger charge is -2.14. The van der Waals surface area contributed by atoms with Crippen LogP contribution < -0.4 is 0 Å². The fraction of sp³-hybridized carbons (Fsp3) is 0.333. The number of hydrogen-bond donors (Lipinski definition) is 1. The van der Waals surface area contributed by atoms with Gasteiger partial charge < -0.3 is 5.11 Å². The molecule has 2 atom stereocenters. The molecule has 122 valence electrons. The van der Waals surface area contributed by atoms with Crippen molar-refractivity contribution in [3.63, 3.8) is 0 Å². The first kappa shape index (κ1) is 16.0. The molecule has 1 heterocycles. The summed E-state index contributed by atoms with van der Waals surface area (Å²) in [4.78, 5) is 11.1. The lowest BCUT2D eigenvalue weighted by molar-refractivity contribution is -0.141. The van der Waals surface area contributed by atoms with Crippen LogP contribution in [0.25, 0.3) is 5.69 Å². The van der Waals surface area contributed by atoms with E-state index in [0.29, 0.717) is 18.5 Å². The zero-order chi connectivity index (χ0) is 16.6. The van der Waals surface area contributed by atoms with Crippen molar-refractivity contribution in [2.45, 2.75) is 29.4 Å². The largest absolute Gasteiger partial charge is 0.481 e. The molecule has 0 saturated heterocycles. The van der Waals surface area contributed by atoms with Gasteiger partial charge in [0.1, 0.15) is 0 Å². The molecule has 0 bridgehead atoms. The third-order valence-electron chi connectivity index (χ3n) is 4.16. The summed E-state index contributed by atoms with van der Waals surface area (Å²) in [6, 6.07) is 6.40. The number of hydrogen-bond acceptors (Lipinski definition) is 4. The topological polar surface area (TPSA) is 89.3 Å². The Bertz CT molecular complexity index is 833. The quantitative estimate of drug-likeness (QED) is 0.911. The van der Waals surface area contributed by atoms with E-state index in [4.69, 9.17) is 16.7 Å². The molecule has 0 amide bonds. The zero-order valence-electron chi connectivity index (χ0n) is 12.1. The van der Waals surface area contributed by atoms with Gasteiger partial charge in [0.15, 0.2) is 9.84 Å². The van der Waals surface area contributed by atoms with Crippen LogP contribution in [0.15, 0.2) is 41.6 Å². The van der Waals surface area contributed by atoms with Crippen LogP contribution in [0.2, 0.25) is 5.02 Å². The minimum atomic E-state index is -3.65. The van der Waals surface area contributed by atoms with E-state index in [0.717, 1.165) is 0 Å². The minimum Gasteiger partial charge on any atom is -0.481 e. The second-order valence-corrected chi connectivity index (χ2v) is 8.18. The maximum atomic E-state index is 12.7. The number of nitrogens with zero attached hydrogens (tertiary/aromatic N) is 2. The highest BCUT2D eigenvalue weighted by atomic mass is 35.5. The Balaban J connectivity index is 1.90. The number of aromatic nitrogens is 2. The third-order valence-corrected chi connectivity index (χ3v) is 6.86. The maximum absolute atomic E-state index is 12.7. The molecule has 0 aliphatic heterocycles. The molecule has 1 aromatic heterocycles. The summed E-state index contributed by atoms with van der Waals surface area (Å²) in [5.41, 5.74) is 0.661. The third kappa shape index (κ3) is 2.98. The molecule has 3 rings (SSSR count). The van der Waals surface area contributed by atoms with Crippen molar-refractivity contribution >= 4 is 27.4 Å². The number of rotatable bonds is 4. The van der Waals surface area contributed by atoms with Crippen LogP contribution in [0.1, 0.15) is 19.3 Å². The predicted molar refractivity (Wildman–Crippen MR) is 84.5 cm³/mol. The molecule has 0 spiro atoms. The van der Waals surface area contributed by atoms with Crippen LogP contribution in [0, 0.1) is 5.92 Å². The molecule has 1 aromatic carbocycles. The Morgan fingerprint density at radius 1 is 1.35 bits per heavy atom. The van der Waals surface area contributed by atoms with Crippen LogP contribution >= 0.6 is 11.6 Å². The lowest BCUT2D eigenvalue weighted by atomic mass is 10.1.